The van der Waals surface area contributed by atoms with Gasteiger partial charge in [0.2, 0.25) is 0 Å². The van der Waals surface area contributed by atoms with E-state index in [-0.39, 0.29) is 11.6 Å². The average molecular weight is 549 g/mol. The molecule has 1 amide bonds. The van der Waals surface area contributed by atoms with Gasteiger partial charge in [0.05, 0.1) is 11.6 Å². The third kappa shape index (κ3) is 4.37. The number of amides is 1. The van der Waals surface area contributed by atoms with Gasteiger partial charge in [-0.3, -0.25) is 9.36 Å². The number of nitrogens with zero attached hydrogens (tertiary/aromatic N) is 6. The largest absolute Gasteiger partial charge is 0.383 e. The number of benzene rings is 2. The molecule has 0 fully saturated rings. The van der Waals surface area contributed by atoms with Gasteiger partial charge < -0.3 is 11.1 Å². The van der Waals surface area contributed by atoms with Crippen LogP contribution in [0.25, 0.3) is 34.1 Å². The van der Waals surface area contributed by atoms with Gasteiger partial charge in [0.25, 0.3) is 5.91 Å². The molecule has 0 aliphatic heterocycles. The summed E-state index contributed by atoms with van der Waals surface area (Å²) >= 11 is 0. The number of aryl methyl sites for hydroxylation is 1. The van der Waals surface area contributed by atoms with E-state index in [0.717, 1.165) is 35.0 Å². The predicted octanol–water partition coefficient (Wildman–Crippen LogP) is 4.95. The van der Waals surface area contributed by atoms with E-state index in [9.17, 15) is 13.6 Å². The third-order valence-electron chi connectivity index (χ3n) is 7.20. The Morgan fingerprint density at radius 1 is 0.976 bits per heavy atom. The number of nitrogen functional groups attached to an aromatic ring is 1. The van der Waals surface area contributed by atoms with Crippen molar-refractivity contribution >= 4 is 22.9 Å². The highest BCUT2D eigenvalue weighted by Crippen LogP contribution is 2.36. The molecule has 1 atom stereocenters. The molecular weight excluding hydrogens is 526 g/mol. The molecule has 7 rings (SSSR count). The fourth-order valence-electron chi connectivity index (χ4n) is 5.33. The molecule has 0 spiro atoms. The van der Waals surface area contributed by atoms with Crippen LogP contribution in [-0.4, -0.2) is 35.2 Å². The maximum absolute atomic E-state index is 13.7. The van der Waals surface area contributed by atoms with Crippen LogP contribution in [0.1, 0.15) is 33.9 Å². The molecule has 4 heterocycles. The summed E-state index contributed by atoms with van der Waals surface area (Å²) in [5.74, 6) is -0.564. The van der Waals surface area contributed by atoms with E-state index in [4.69, 9.17) is 15.7 Å². The lowest BCUT2D eigenvalue weighted by molar-refractivity contribution is 0.0935. The summed E-state index contributed by atoms with van der Waals surface area (Å²) < 4.78 is 31.0. The van der Waals surface area contributed by atoms with Crippen molar-refractivity contribution in [2.24, 2.45) is 0 Å². The van der Waals surface area contributed by atoms with Crippen molar-refractivity contribution in [2.45, 2.75) is 18.9 Å². The second-order valence-corrected chi connectivity index (χ2v) is 9.78. The Morgan fingerprint density at radius 3 is 2.61 bits per heavy atom. The van der Waals surface area contributed by atoms with Gasteiger partial charge in [-0.15, -0.1) is 0 Å². The number of fused-ring (bicyclic) bond motifs is 2. The Bertz CT molecular complexity index is 1930. The zero-order valence-electron chi connectivity index (χ0n) is 21.5. The number of nitrogens with two attached hydrogens (primary N) is 1. The van der Waals surface area contributed by atoms with Gasteiger partial charge in [0.15, 0.2) is 17.3 Å². The summed E-state index contributed by atoms with van der Waals surface area (Å²) in [6.07, 6.45) is 6.48. The van der Waals surface area contributed by atoms with Gasteiger partial charge in [0.1, 0.15) is 23.0 Å². The molecule has 0 bridgehead atoms. The van der Waals surface area contributed by atoms with E-state index in [2.05, 4.69) is 15.4 Å². The van der Waals surface area contributed by atoms with Gasteiger partial charge in [-0.2, -0.15) is 5.10 Å². The van der Waals surface area contributed by atoms with E-state index in [0.29, 0.717) is 47.0 Å². The van der Waals surface area contributed by atoms with Crippen LogP contribution < -0.4 is 11.1 Å². The monoisotopic (exact) mass is 548 g/mol. The average Bonchev–Trinajstić information content (AvgIpc) is 3.71. The van der Waals surface area contributed by atoms with Gasteiger partial charge in [-0.05, 0) is 78.6 Å². The standard InChI is InChI=1S/C30H22F2N8O/c31-19-13-18(14-20(32)16-19)30(41)37-24-7-4-17-15-21(5-6-22(17)24)40-28(23-3-1-10-34-27(23)33)36-25-8-9-26(38-29(25)40)39-12-2-11-35-39/h1-3,5-6,8-16,24H,4,7H2,(H2,33,34)(H,37,41)/t24-/m0/s1. The van der Waals surface area contributed by atoms with Crippen LogP contribution >= 0.6 is 0 Å². The van der Waals surface area contributed by atoms with Crippen LogP contribution in [0.3, 0.4) is 0 Å². The second-order valence-electron chi connectivity index (χ2n) is 9.78. The number of anilines is 1. The predicted molar refractivity (Wildman–Crippen MR) is 149 cm³/mol. The summed E-state index contributed by atoms with van der Waals surface area (Å²) in [6, 6.07) is 17.7. The topological polar surface area (TPSA) is 117 Å². The first-order valence-electron chi connectivity index (χ1n) is 12.9. The molecule has 3 N–H and O–H groups in total. The maximum atomic E-state index is 13.7. The molecule has 11 heteroatoms. The van der Waals surface area contributed by atoms with Crippen molar-refractivity contribution < 1.29 is 13.6 Å². The highest BCUT2D eigenvalue weighted by atomic mass is 19.1. The lowest BCUT2D eigenvalue weighted by Crippen LogP contribution is -2.27. The van der Waals surface area contributed by atoms with Crippen molar-refractivity contribution in [3.63, 3.8) is 0 Å². The summed E-state index contributed by atoms with van der Waals surface area (Å²) in [5, 5.41) is 7.22. The van der Waals surface area contributed by atoms with Gasteiger partial charge in [0, 0.05) is 35.9 Å². The molecule has 9 nitrogen and oxygen atoms in total. The minimum Gasteiger partial charge on any atom is -0.383 e. The van der Waals surface area contributed by atoms with Crippen LogP contribution in [-0.2, 0) is 6.42 Å². The van der Waals surface area contributed by atoms with Crippen molar-refractivity contribution in [1.82, 2.24) is 34.6 Å². The number of hydrogen-bond donors (Lipinski definition) is 2. The van der Waals surface area contributed by atoms with Crippen LogP contribution in [0, 0.1) is 11.6 Å². The molecule has 0 saturated heterocycles. The minimum absolute atomic E-state index is 0.0600. The Kier molecular flexibility index (Phi) is 5.77. The number of nitrogens with one attached hydrogen (secondary N) is 1. The number of rotatable bonds is 5. The summed E-state index contributed by atoms with van der Waals surface area (Å²) in [4.78, 5) is 26.8. The molecular formula is C30H22F2N8O. The smallest absolute Gasteiger partial charge is 0.251 e. The van der Waals surface area contributed by atoms with Crippen molar-refractivity contribution in [3.05, 3.63) is 114 Å². The molecule has 4 aromatic heterocycles. The number of imidazole rings is 1. The molecule has 0 saturated carbocycles. The quantitative estimate of drug-likeness (QED) is 0.315. The third-order valence-corrected chi connectivity index (χ3v) is 7.20. The molecule has 1 aliphatic rings. The highest BCUT2D eigenvalue weighted by Gasteiger charge is 2.26. The lowest BCUT2D eigenvalue weighted by atomic mass is 10.1. The van der Waals surface area contributed by atoms with E-state index in [1.54, 1.807) is 23.1 Å². The molecule has 0 radical (unpaired) electrons. The van der Waals surface area contributed by atoms with E-state index >= 15 is 0 Å². The van der Waals surface area contributed by atoms with Crippen LogP contribution in [0.15, 0.2) is 85.3 Å². The molecule has 1 aliphatic carbocycles. The van der Waals surface area contributed by atoms with Crippen molar-refractivity contribution in [3.8, 4) is 22.9 Å². The Labute approximate surface area is 232 Å². The summed E-state index contributed by atoms with van der Waals surface area (Å²) in [7, 11) is 0. The number of halogens is 2. The van der Waals surface area contributed by atoms with Crippen LogP contribution in [0.4, 0.5) is 14.6 Å². The minimum atomic E-state index is -0.798. The van der Waals surface area contributed by atoms with Crippen LogP contribution in [0.5, 0.6) is 0 Å². The van der Waals surface area contributed by atoms with E-state index in [1.807, 2.05) is 53.2 Å². The number of hydrogen-bond acceptors (Lipinski definition) is 6. The van der Waals surface area contributed by atoms with Crippen molar-refractivity contribution in [2.75, 3.05) is 5.73 Å². The normalized spacial score (nSPS) is 14.3. The van der Waals surface area contributed by atoms with Crippen LogP contribution in [0.2, 0.25) is 0 Å². The van der Waals surface area contributed by atoms with E-state index < -0.39 is 17.5 Å². The summed E-state index contributed by atoms with van der Waals surface area (Å²) in [5.41, 5.74) is 11.0. The fourth-order valence-corrected chi connectivity index (χ4v) is 5.33. The number of pyridine rings is 2. The highest BCUT2D eigenvalue weighted by molar-refractivity contribution is 5.94. The molecule has 6 aromatic rings. The Balaban J connectivity index is 1.30. The zero-order valence-corrected chi connectivity index (χ0v) is 21.5. The lowest BCUT2D eigenvalue weighted by Gasteiger charge is -2.16. The second kappa shape index (κ2) is 9.63. The van der Waals surface area contributed by atoms with Gasteiger partial charge >= 0.3 is 0 Å². The summed E-state index contributed by atoms with van der Waals surface area (Å²) in [6.45, 7) is 0. The first-order chi connectivity index (χ1) is 19.9. The molecule has 0 unspecified atom stereocenters. The molecule has 202 valence electrons. The van der Waals surface area contributed by atoms with Crippen molar-refractivity contribution in [1.29, 1.82) is 0 Å². The number of carbonyl (C=O) groups is 1. The van der Waals surface area contributed by atoms with E-state index in [1.165, 1.54) is 0 Å². The number of aromatic nitrogens is 6. The Morgan fingerprint density at radius 2 is 1.83 bits per heavy atom. The first-order valence-corrected chi connectivity index (χ1v) is 12.9. The van der Waals surface area contributed by atoms with Gasteiger partial charge in [-0.1, -0.05) is 6.07 Å². The SMILES string of the molecule is Nc1ncccc1-c1nc2ccc(-n3cccn3)nc2n1-c1ccc2c(c1)CC[C@@H]2NC(=O)c1cc(F)cc(F)c1. The number of carbonyl (C=O) groups excluding carboxylic acids is 1. The zero-order chi connectivity index (χ0) is 28.1. The maximum Gasteiger partial charge on any atom is 0.251 e. The van der Waals surface area contributed by atoms with Gasteiger partial charge in [-0.25, -0.2) is 28.4 Å². The molecule has 2 aromatic carbocycles. The molecule has 41 heavy (non-hydrogen) atoms. The first kappa shape index (κ1) is 24.6. The Hall–Kier alpha value is -5.45. The fraction of sp³-hybridized carbons (Fsp3) is 0.100.